The van der Waals surface area contributed by atoms with E-state index in [0.29, 0.717) is 19.5 Å². The van der Waals surface area contributed by atoms with Crippen LogP contribution in [-0.2, 0) is 42.1 Å². The summed E-state index contributed by atoms with van der Waals surface area (Å²) in [6, 6.07) is 51.1. The van der Waals surface area contributed by atoms with Crippen LogP contribution >= 0.6 is 0 Å². The largest absolute Gasteiger partial charge is 0.344 e. The summed E-state index contributed by atoms with van der Waals surface area (Å²) in [6.45, 7) is 36.6. The molecule has 0 saturated carbocycles. The highest BCUT2D eigenvalue weighted by molar-refractivity contribution is 6.32. The topological polar surface area (TPSA) is 258 Å². The van der Waals surface area contributed by atoms with Gasteiger partial charge in [0.2, 0.25) is 5.91 Å². The van der Waals surface area contributed by atoms with Crippen LogP contribution < -0.4 is 22.1 Å². The maximum Gasteiger partial charge on any atom is 0.289 e. The van der Waals surface area contributed by atoms with Gasteiger partial charge in [-0.1, -0.05) is 251 Å². The Morgan fingerprint density at radius 2 is 0.966 bits per heavy atom. The Kier molecular flexibility index (Phi) is 30.0. The number of aromatic nitrogens is 6. The van der Waals surface area contributed by atoms with Crippen LogP contribution in [0.5, 0.6) is 0 Å². The number of carbonyl (C=O) groups excluding carboxylic acids is 2. The Morgan fingerprint density at radius 1 is 0.534 bits per heavy atom. The van der Waals surface area contributed by atoms with Gasteiger partial charge in [0.1, 0.15) is 5.56 Å². The van der Waals surface area contributed by atoms with Gasteiger partial charge < -0.3 is 22.1 Å². The number of benzene rings is 10. The maximum atomic E-state index is 11.9. The number of allylic oxidation sites excluding steroid dienone is 6. The van der Waals surface area contributed by atoms with Crippen molar-refractivity contribution in [2.24, 2.45) is 34.8 Å². The average Bonchev–Trinajstić information content (AvgIpc) is 0.771. The van der Waals surface area contributed by atoms with Gasteiger partial charge in [-0.15, -0.1) is 16.1 Å². The summed E-state index contributed by atoms with van der Waals surface area (Å²) in [5.41, 5.74) is 23.7. The average molecular weight is 1580 g/mol. The van der Waals surface area contributed by atoms with Crippen molar-refractivity contribution in [3.63, 3.8) is 0 Å². The number of hydrogen-bond donors (Lipinski definition) is 4. The molecule has 10 aromatic carbocycles. The fourth-order valence-corrected chi connectivity index (χ4v) is 13.9. The smallest absolute Gasteiger partial charge is 0.289 e. The van der Waals surface area contributed by atoms with E-state index in [9.17, 15) is 29.8 Å². The number of nitro groups is 2. The monoisotopic (exact) mass is 1580 g/mol. The van der Waals surface area contributed by atoms with Crippen molar-refractivity contribution in [3.8, 4) is 35.5 Å². The van der Waals surface area contributed by atoms with Gasteiger partial charge in [0.05, 0.1) is 46.4 Å². The molecule has 12 aromatic rings. The van der Waals surface area contributed by atoms with Crippen LogP contribution in [0.15, 0.2) is 188 Å². The lowest BCUT2D eigenvalue weighted by Crippen LogP contribution is -2.40. The van der Waals surface area contributed by atoms with Crippen LogP contribution in [0.25, 0.3) is 87.9 Å². The lowest BCUT2D eigenvalue weighted by atomic mass is 9.82. The van der Waals surface area contributed by atoms with E-state index >= 15 is 0 Å². The van der Waals surface area contributed by atoms with E-state index in [1.807, 2.05) is 72.6 Å². The molecule has 4 aliphatic carbocycles. The molecule has 0 bridgehead atoms. The predicted molar refractivity (Wildman–Crippen MR) is 489 cm³/mol. The number of non-ortho nitro benzene ring substituents is 1. The van der Waals surface area contributed by atoms with E-state index in [1.54, 1.807) is 4.68 Å². The van der Waals surface area contributed by atoms with E-state index in [2.05, 4.69) is 306 Å². The molecular formula is C100H114N12O6. The number of nitro benzene ring substituents is 2. The third-order valence-corrected chi connectivity index (χ3v) is 19.6. The zero-order valence-electron chi connectivity index (χ0n) is 71.9. The molecule has 0 unspecified atom stereocenters. The number of nitrogens with zero attached hydrogens (tertiary/aromatic N) is 8. The van der Waals surface area contributed by atoms with Crippen LogP contribution in [0.1, 0.15) is 199 Å². The second-order valence-corrected chi connectivity index (χ2v) is 34.7. The summed E-state index contributed by atoms with van der Waals surface area (Å²) in [6.07, 6.45) is 23.6. The fraction of sp³-hybridized carbons (Fsp3) is 0.340. The summed E-state index contributed by atoms with van der Waals surface area (Å²) >= 11 is 0. The van der Waals surface area contributed by atoms with Gasteiger partial charge in [-0.2, -0.15) is 0 Å². The first kappa shape index (κ1) is 89.5. The minimum atomic E-state index is -0.831. The third-order valence-electron chi connectivity index (χ3n) is 19.6. The standard InChI is InChI=1S/C20H12.2C16H12.C14H15N3O5.C12H23N3O.C8H15N3.C7H13N3.C7H12/c1-5-13-6-2-11-17-18-12-4-8-14-7-3-10-16(20(14)18)15(9-1)19(13)17;2*1-3-11-7-9-13-5-2-6-14-10-8-12(4-1)15(11)16(13)14;1-14(2,3)7-4-8-15-13(18)11-6-5-10(16(19)20)9-12(11)17(21)22;1-12(2,3)7-5-9-15-11(16)10(14)6-4-8-13;1-5-11-6-7(9-10-11)8(2,3)4;1-7(2,3)6-5-10(4)9-8-6;1-5-6-7(2,3)4/h1-12H;2*1-5,7,9-10H,6,8H2;5-6,9H,8H2,1-3H3,(H,15,18);10H,4,6,8-9,13-14H2,1-3H3,(H,15,16);6H,5H2,1-4H3;5H,1-4H3;1-4H3/t;;;;10-;;;/m....0.../s1. The number of hydrogen-bond acceptors (Lipinski definition) is 12. The SMILES string of the molecule is C1=Cc2ccc3cccc4c3c2C(=CC4)C1.C1=Cc2ccc3cccc4c3c2C(=CC4)C1.CC#CC(C)(C)C.CC(C)(C)C#CCNC(=O)[C@@H](N)CCCN.CC(C)(C)C#CCNC(=O)c1ccc([N+](=O)[O-])cc1[N+](=O)[O-].CCn1cc(C(C)(C)C)nn1.Cn1cc(C(C)(C)C)nn1.c1cc2cccc3c4cccc5cccc(c(c1)c23)c54. The van der Waals surface area contributed by atoms with E-state index in [1.165, 1.54) is 109 Å². The van der Waals surface area contributed by atoms with E-state index in [-0.39, 0.29) is 45.1 Å². The molecule has 18 heteroatoms. The lowest BCUT2D eigenvalue weighted by Gasteiger charge is -2.22. The molecule has 6 N–H and O–H groups in total. The van der Waals surface area contributed by atoms with E-state index < -0.39 is 33.2 Å². The van der Waals surface area contributed by atoms with Gasteiger partial charge in [0, 0.05) is 59.1 Å². The van der Waals surface area contributed by atoms with Crippen molar-refractivity contribution >= 4 is 111 Å². The van der Waals surface area contributed by atoms with Gasteiger partial charge in [0.15, 0.2) is 0 Å². The van der Waals surface area contributed by atoms with Gasteiger partial charge in [0.25, 0.3) is 17.3 Å². The Bertz CT molecular complexity index is 5670. The predicted octanol–water partition coefficient (Wildman–Crippen LogP) is 21.4. The number of rotatable bonds is 10. The molecule has 18 nitrogen and oxygen atoms in total. The first-order chi connectivity index (χ1) is 55.9. The van der Waals surface area contributed by atoms with Crippen LogP contribution in [-0.4, -0.2) is 77.3 Å². The molecule has 2 aromatic heterocycles. The Labute approximate surface area is 695 Å². The summed E-state index contributed by atoms with van der Waals surface area (Å²) in [5.74, 6) is 16.6. The number of carbonyl (C=O) groups is 2. The van der Waals surface area contributed by atoms with Gasteiger partial charge in [-0.05, 0) is 236 Å². The van der Waals surface area contributed by atoms with Gasteiger partial charge in [-0.25, -0.2) is 0 Å². The number of fused-ring (bicyclic) bond motifs is 2. The highest BCUT2D eigenvalue weighted by Crippen LogP contribution is 2.43. The van der Waals surface area contributed by atoms with Crippen LogP contribution in [0.4, 0.5) is 11.4 Å². The number of nitrogens with one attached hydrogen (secondary N) is 2. The molecule has 2 amide bonds. The first-order valence-electron chi connectivity index (χ1n) is 40.4. The minimum Gasteiger partial charge on any atom is -0.344 e. The van der Waals surface area contributed by atoms with Gasteiger partial charge in [-0.3, -0.25) is 39.2 Å². The number of amides is 2. The molecule has 0 aliphatic heterocycles. The van der Waals surface area contributed by atoms with Crippen molar-refractivity contribution in [1.82, 2.24) is 40.6 Å². The highest BCUT2D eigenvalue weighted by Gasteiger charge is 2.26. The van der Waals surface area contributed by atoms with Crippen LogP contribution in [0, 0.1) is 72.0 Å². The van der Waals surface area contributed by atoms with Gasteiger partial charge >= 0.3 is 0 Å². The van der Waals surface area contributed by atoms with Crippen molar-refractivity contribution in [1.29, 1.82) is 0 Å². The summed E-state index contributed by atoms with van der Waals surface area (Å²) in [7, 11) is 1.88. The Hall–Kier alpha value is -12.4. The molecule has 4 aliphatic rings. The molecule has 0 fully saturated rings. The van der Waals surface area contributed by atoms with Crippen LogP contribution in [0.3, 0.4) is 0 Å². The van der Waals surface area contributed by atoms with E-state index in [0.717, 1.165) is 68.2 Å². The van der Waals surface area contributed by atoms with Crippen LogP contribution in [0.2, 0.25) is 0 Å². The third kappa shape index (κ3) is 24.1. The zero-order chi connectivity index (χ0) is 85.9. The van der Waals surface area contributed by atoms with Crippen molar-refractivity contribution in [2.75, 3.05) is 19.6 Å². The highest BCUT2D eigenvalue weighted by atomic mass is 16.6. The molecule has 1 atom stereocenters. The number of nitrogens with two attached hydrogens (primary N) is 2. The molecule has 610 valence electrons. The quantitative estimate of drug-likeness (QED) is 0.0328. The summed E-state index contributed by atoms with van der Waals surface area (Å²) in [4.78, 5) is 43.3. The molecule has 2 heterocycles. The molecule has 0 spiro atoms. The molecule has 118 heavy (non-hydrogen) atoms. The molecular weight excluding hydrogens is 1470 g/mol. The first-order valence-corrected chi connectivity index (χ1v) is 40.4. The lowest BCUT2D eigenvalue weighted by molar-refractivity contribution is -0.394. The van der Waals surface area contributed by atoms with E-state index in [4.69, 9.17) is 11.5 Å². The zero-order valence-corrected chi connectivity index (χ0v) is 71.9. The van der Waals surface area contributed by atoms with Crippen molar-refractivity contribution in [2.45, 2.75) is 180 Å². The Morgan fingerprint density at radius 3 is 1.33 bits per heavy atom. The maximum absolute atomic E-state index is 11.9. The van der Waals surface area contributed by atoms with Crippen molar-refractivity contribution in [3.05, 3.63) is 259 Å². The second kappa shape index (κ2) is 39.5. The molecule has 16 rings (SSSR count). The summed E-state index contributed by atoms with van der Waals surface area (Å²) in [5, 5.41) is 59.2. The normalized spacial score (nSPS) is 12.8. The molecule has 0 saturated heterocycles. The summed E-state index contributed by atoms with van der Waals surface area (Å²) < 4.78 is 3.57. The molecule has 0 radical (unpaired) electrons. The Balaban J connectivity index is 0.000000157. The fourth-order valence-electron chi connectivity index (χ4n) is 13.9. The van der Waals surface area contributed by atoms with Crippen molar-refractivity contribution < 1.29 is 19.4 Å². The second-order valence-electron chi connectivity index (χ2n) is 34.7. The minimum absolute atomic E-state index is 0.0320. The number of aryl methyl sites for hydroxylation is 2.